The number of rotatable bonds is 8. The first-order valence-electron chi connectivity index (χ1n) is 7.44. The number of amides is 1. The zero-order valence-corrected chi connectivity index (χ0v) is 13.5. The summed E-state index contributed by atoms with van der Waals surface area (Å²) < 4.78 is 12.9. The van der Waals surface area contributed by atoms with E-state index in [9.17, 15) is 19.3 Å². The lowest BCUT2D eigenvalue weighted by atomic mass is 10.2. The molecule has 0 saturated heterocycles. The quantitative estimate of drug-likeness (QED) is 0.377. The highest BCUT2D eigenvalue weighted by molar-refractivity contribution is 5.72. The van der Waals surface area contributed by atoms with Gasteiger partial charge in [0, 0.05) is 26.6 Å². The Morgan fingerprint density at radius 1 is 1.24 bits per heavy atom. The third-order valence-corrected chi connectivity index (χ3v) is 3.12. The predicted molar refractivity (Wildman–Crippen MR) is 89.6 cm³/mol. The Balaban J connectivity index is 2.03. The smallest absolute Gasteiger partial charge is 0.329 e. The second kappa shape index (κ2) is 8.52. The Bertz CT molecular complexity index is 753. The SMILES string of the molecule is CC(=O)NCCNc1nc(NCc2ccc(F)cc2)ncc1[N+](=O)[O-]. The zero-order valence-electron chi connectivity index (χ0n) is 13.5. The number of nitrogens with zero attached hydrogens (tertiary/aromatic N) is 3. The summed E-state index contributed by atoms with van der Waals surface area (Å²) in [4.78, 5) is 29.3. The second-order valence-electron chi connectivity index (χ2n) is 5.07. The molecule has 0 atom stereocenters. The van der Waals surface area contributed by atoms with Gasteiger partial charge < -0.3 is 16.0 Å². The Morgan fingerprint density at radius 3 is 2.60 bits per heavy atom. The first kappa shape index (κ1) is 18.0. The molecule has 0 aliphatic carbocycles. The lowest BCUT2D eigenvalue weighted by Crippen LogP contribution is -2.26. The number of hydrogen-bond acceptors (Lipinski definition) is 7. The van der Waals surface area contributed by atoms with Gasteiger partial charge >= 0.3 is 5.69 Å². The summed E-state index contributed by atoms with van der Waals surface area (Å²) in [5, 5.41) is 19.3. The Hall–Kier alpha value is -3.30. The van der Waals surface area contributed by atoms with Gasteiger partial charge in [-0.2, -0.15) is 4.98 Å². The number of benzene rings is 1. The third-order valence-electron chi connectivity index (χ3n) is 3.12. The highest BCUT2D eigenvalue weighted by Gasteiger charge is 2.17. The van der Waals surface area contributed by atoms with E-state index in [1.807, 2.05) is 0 Å². The molecule has 1 aromatic carbocycles. The maximum atomic E-state index is 12.9. The molecule has 1 amide bonds. The van der Waals surface area contributed by atoms with Crippen LogP contribution < -0.4 is 16.0 Å². The van der Waals surface area contributed by atoms with Gasteiger partial charge in [0.1, 0.15) is 12.0 Å². The van der Waals surface area contributed by atoms with Crippen LogP contribution in [0.25, 0.3) is 0 Å². The molecule has 3 N–H and O–H groups in total. The number of nitro groups is 1. The number of carbonyl (C=O) groups is 1. The highest BCUT2D eigenvalue weighted by Crippen LogP contribution is 2.21. The first-order valence-corrected chi connectivity index (χ1v) is 7.44. The molecule has 0 fully saturated rings. The number of carbonyl (C=O) groups excluding carboxylic acids is 1. The van der Waals surface area contributed by atoms with Crippen LogP contribution in [0.2, 0.25) is 0 Å². The molecular weight excluding hydrogens is 331 g/mol. The van der Waals surface area contributed by atoms with Crippen LogP contribution in [0.4, 0.5) is 21.8 Å². The summed E-state index contributed by atoms with van der Waals surface area (Å²) >= 11 is 0. The summed E-state index contributed by atoms with van der Waals surface area (Å²) in [6, 6.07) is 5.89. The summed E-state index contributed by atoms with van der Waals surface area (Å²) in [6.45, 7) is 2.29. The fraction of sp³-hybridized carbons (Fsp3) is 0.267. The fourth-order valence-electron chi connectivity index (χ4n) is 1.93. The normalized spacial score (nSPS) is 10.2. The van der Waals surface area contributed by atoms with E-state index < -0.39 is 4.92 Å². The van der Waals surface area contributed by atoms with Crippen molar-refractivity contribution >= 4 is 23.4 Å². The summed E-state index contributed by atoms with van der Waals surface area (Å²) in [6.07, 6.45) is 1.10. The molecule has 0 aliphatic rings. The minimum atomic E-state index is -0.593. The Labute approximate surface area is 142 Å². The molecular formula is C15H17FN6O3. The van der Waals surface area contributed by atoms with E-state index in [1.54, 1.807) is 12.1 Å². The summed E-state index contributed by atoms with van der Waals surface area (Å²) in [7, 11) is 0. The van der Waals surface area contributed by atoms with Crippen molar-refractivity contribution in [1.29, 1.82) is 0 Å². The van der Waals surface area contributed by atoms with Crippen LogP contribution in [0, 0.1) is 15.9 Å². The van der Waals surface area contributed by atoms with Crippen molar-refractivity contribution in [3.63, 3.8) is 0 Å². The van der Waals surface area contributed by atoms with Crippen molar-refractivity contribution in [1.82, 2.24) is 15.3 Å². The van der Waals surface area contributed by atoms with Crippen molar-refractivity contribution in [2.75, 3.05) is 23.7 Å². The molecule has 9 nitrogen and oxygen atoms in total. The van der Waals surface area contributed by atoms with Crippen LogP contribution >= 0.6 is 0 Å². The second-order valence-corrected chi connectivity index (χ2v) is 5.07. The average molecular weight is 348 g/mol. The molecule has 0 saturated carbocycles. The maximum Gasteiger partial charge on any atom is 0.329 e. The van der Waals surface area contributed by atoms with Gasteiger partial charge in [-0.15, -0.1) is 0 Å². The van der Waals surface area contributed by atoms with Gasteiger partial charge in [0.05, 0.1) is 4.92 Å². The largest absolute Gasteiger partial charge is 0.362 e. The molecule has 1 heterocycles. The molecule has 2 rings (SSSR count). The predicted octanol–water partition coefficient (Wildman–Crippen LogP) is 1.68. The van der Waals surface area contributed by atoms with Gasteiger partial charge in [0.15, 0.2) is 0 Å². The topological polar surface area (TPSA) is 122 Å². The number of hydrogen-bond donors (Lipinski definition) is 3. The molecule has 10 heteroatoms. The molecule has 132 valence electrons. The fourth-order valence-corrected chi connectivity index (χ4v) is 1.93. The Kier molecular flexibility index (Phi) is 6.15. The van der Waals surface area contributed by atoms with Crippen LogP contribution in [0.15, 0.2) is 30.5 Å². The minimum absolute atomic E-state index is 0.0481. The number of anilines is 2. The lowest BCUT2D eigenvalue weighted by Gasteiger charge is -2.09. The maximum absolute atomic E-state index is 12.9. The summed E-state index contributed by atoms with van der Waals surface area (Å²) in [5.74, 6) is -0.287. The van der Waals surface area contributed by atoms with Crippen molar-refractivity contribution in [3.05, 3.63) is 52.0 Å². The molecule has 1 aromatic heterocycles. The lowest BCUT2D eigenvalue weighted by molar-refractivity contribution is -0.384. The molecule has 0 bridgehead atoms. The molecule has 25 heavy (non-hydrogen) atoms. The first-order chi connectivity index (χ1) is 12.0. The summed E-state index contributed by atoms with van der Waals surface area (Å²) in [5.41, 5.74) is 0.540. The number of halogens is 1. The monoisotopic (exact) mass is 348 g/mol. The van der Waals surface area contributed by atoms with E-state index in [0.29, 0.717) is 13.1 Å². The van der Waals surface area contributed by atoms with Crippen LogP contribution in [0.1, 0.15) is 12.5 Å². The van der Waals surface area contributed by atoms with Crippen LogP contribution in [0.5, 0.6) is 0 Å². The van der Waals surface area contributed by atoms with Gasteiger partial charge in [0.2, 0.25) is 17.7 Å². The molecule has 2 aromatic rings. The standard InChI is InChI=1S/C15H17FN6O3/c1-10(23)17-6-7-18-14-13(22(24)25)9-20-15(21-14)19-8-11-2-4-12(16)5-3-11/h2-5,9H,6-8H2,1H3,(H,17,23)(H2,18,19,20,21). The van der Waals surface area contributed by atoms with E-state index >= 15 is 0 Å². The van der Waals surface area contributed by atoms with E-state index in [2.05, 4.69) is 25.9 Å². The highest BCUT2D eigenvalue weighted by atomic mass is 19.1. The van der Waals surface area contributed by atoms with Crippen molar-refractivity contribution in [2.24, 2.45) is 0 Å². The zero-order chi connectivity index (χ0) is 18.2. The molecule has 0 aliphatic heterocycles. The van der Waals surface area contributed by atoms with E-state index in [1.165, 1.54) is 19.1 Å². The minimum Gasteiger partial charge on any atom is -0.362 e. The van der Waals surface area contributed by atoms with E-state index in [-0.39, 0.29) is 35.7 Å². The van der Waals surface area contributed by atoms with Gasteiger partial charge in [-0.05, 0) is 17.7 Å². The molecule has 0 radical (unpaired) electrons. The Morgan fingerprint density at radius 2 is 1.96 bits per heavy atom. The van der Waals surface area contributed by atoms with Gasteiger partial charge in [-0.25, -0.2) is 9.37 Å². The van der Waals surface area contributed by atoms with Crippen LogP contribution in [0.3, 0.4) is 0 Å². The number of nitrogens with one attached hydrogen (secondary N) is 3. The average Bonchev–Trinajstić information content (AvgIpc) is 2.58. The van der Waals surface area contributed by atoms with Gasteiger partial charge in [0.25, 0.3) is 0 Å². The van der Waals surface area contributed by atoms with Gasteiger partial charge in [-0.3, -0.25) is 14.9 Å². The van der Waals surface area contributed by atoms with Crippen molar-refractivity contribution < 1.29 is 14.1 Å². The van der Waals surface area contributed by atoms with Gasteiger partial charge in [-0.1, -0.05) is 12.1 Å². The van der Waals surface area contributed by atoms with Crippen molar-refractivity contribution in [2.45, 2.75) is 13.5 Å². The van der Waals surface area contributed by atoms with E-state index in [4.69, 9.17) is 0 Å². The number of aromatic nitrogens is 2. The third kappa shape index (κ3) is 5.68. The molecule has 0 spiro atoms. The van der Waals surface area contributed by atoms with Crippen molar-refractivity contribution in [3.8, 4) is 0 Å². The van der Waals surface area contributed by atoms with Crippen LogP contribution in [-0.4, -0.2) is 33.9 Å². The van der Waals surface area contributed by atoms with E-state index in [0.717, 1.165) is 11.8 Å². The molecule has 0 unspecified atom stereocenters. The van der Waals surface area contributed by atoms with Crippen LogP contribution in [-0.2, 0) is 11.3 Å².